The van der Waals surface area contributed by atoms with E-state index in [2.05, 4.69) is 0 Å². The van der Waals surface area contributed by atoms with Crippen molar-refractivity contribution < 1.29 is 14.4 Å². The summed E-state index contributed by atoms with van der Waals surface area (Å²) in [5, 5.41) is 9.11. The zero-order chi connectivity index (χ0) is 10.3. The number of carboxylic acid groups (broad SMARTS) is 1. The van der Waals surface area contributed by atoms with Crippen LogP contribution in [-0.2, 0) is 7.05 Å². The molecule has 0 atom stereocenters. The van der Waals surface area contributed by atoms with Gasteiger partial charge in [0.15, 0.2) is 0 Å². The summed E-state index contributed by atoms with van der Waals surface area (Å²) in [5.41, 5.74) is 0.156. The molecule has 0 saturated carbocycles. The maximum absolute atomic E-state index is 11.1. The van der Waals surface area contributed by atoms with E-state index in [1.54, 1.807) is 7.05 Å². The molecule has 1 aromatic heterocycles. The van der Waals surface area contributed by atoms with Crippen LogP contribution in [-0.4, -0.2) is 15.8 Å². The third-order valence-corrected chi connectivity index (χ3v) is 2.02. The van der Waals surface area contributed by atoms with E-state index in [9.17, 15) is 9.59 Å². The summed E-state index contributed by atoms with van der Waals surface area (Å²) in [4.78, 5) is 21.8. The second-order valence-corrected chi connectivity index (χ2v) is 2.91. The van der Waals surface area contributed by atoms with Crippen molar-refractivity contribution in [1.29, 1.82) is 0 Å². The van der Waals surface area contributed by atoms with Gasteiger partial charge in [-0.2, -0.15) is 0 Å². The van der Waals surface area contributed by atoms with Gasteiger partial charge in [0, 0.05) is 7.05 Å². The second kappa shape index (κ2) is 2.73. The first kappa shape index (κ1) is 8.55. The first-order chi connectivity index (χ1) is 6.59. The SMILES string of the molecule is Cn1oc(=O)c2ccc(C(=O)O)cc21. The number of aromatic carboxylic acids is 1. The Labute approximate surface area is 78.1 Å². The monoisotopic (exact) mass is 193 g/mol. The van der Waals surface area contributed by atoms with Crippen molar-refractivity contribution in [2.45, 2.75) is 0 Å². The van der Waals surface area contributed by atoms with Crippen molar-refractivity contribution in [1.82, 2.24) is 4.74 Å². The summed E-state index contributed by atoms with van der Waals surface area (Å²) in [7, 11) is 1.55. The minimum atomic E-state index is -1.03. The minimum absolute atomic E-state index is 0.133. The smallest absolute Gasteiger partial charge is 0.365 e. The third kappa shape index (κ3) is 1.10. The Kier molecular flexibility index (Phi) is 1.67. The van der Waals surface area contributed by atoms with Gasteiger partial charge >= 0.3 is 11.6 Å². The fourth-order valence-corrected chi connectivity index (χ4v) is 1.32. The molecule has 2 rings (SSSR count). The molecule has 0 unspecified atom stereocenters. The Morgan fingerprint density at radius 2 is 2.21 bits per heavy atom. The van der Waals surface area contributed by atoms with Crippen molar-refractivity contribution in [3.63, 3.8) is 0 Å². The van der Waals surface area contributed by atoms with Crippen molar-refractivity contribution >= 4 is 16.9 Å². The standard InChI is InChI=1S/C9H7NO4/c1-10-7-4-5(8(11)12)2-3-6(7)9(13)14-10/h2-4H,1H3,(H,11,12). The van der Waals surface area contributed by atoms with Gasteiger partial charge in [-0.3, -0.25) is 0 Å². The van der Waals surface area contributed by atoms with Crippen LogP contribution < -0.4 is 5.63 Å². The maximum atomic E-state index is 11.1. The van der Waals surface area contributed by atoms with Crippen molar-refractivity contribution in [2.75, 3.05) is 0 Å². The Hall–Kier alpha value is -2.04. The number of hydrogen-bond acceptors (Lipinski definition) is 3. The summed E-state index contributed by atoms with van der Waals surface area (Å²) in [6.07, 6.45) is 0. The molecule has 0 spiro atoms. The van der Waals surface area contributed by atoms with Gasteiger partial charge in [-0.15, -0.1) is 0 Å². The van der Waals surface area contributed by atoms with Gasteiger partial charge in [0.2, 0.25) is 0 Å². The summed E-state index contributed by atoms with van der Waals surface area (Å²) in [6, 6.07) is 4.23. The Balaban J connectivity index is 2.83. The van der Waals surface area contributed by atoms with Gasteiger partial charge in [-0.1, -0.05) is 0 Å². The molecule has 2 aromatic rings. The molecule has 0 aliphatic rings. The van der Waals surface area contributed by atoms with Crippen LogP contribution in [0.2, 0.25) is 0 Å². The second-order valence-electron chi connectivity index (χ2n) is 2.91. The Morgan fingerprint density at radius 1 is 1.50 bits per heavy atom. The average Bonchev–Trinajstić information content (AvgIpc) is 2.42. The fourth-order valence-electron chi connectivity index (χ4n) is 1.32. The lowest BCUT2D eigenvalue weighted by Gasteiger charge is -1.94. The van der Waals surface area contributed by atoms with Crippen LogP contribution in [0.15, 0.2) is 27.5 Å². The van der Waals surface area contributed by atoms with Crippen LogP contribution in [0.1, 0.15) is 10.4 Å². The molecule has 1 aromatic carbocycles. The predicted octanol–water partition coefficient (Wildman–Crippen LogP) is 0.830. The molecular formula is C9H7NO4. The highest BCUT2D eigenvalue weighted by Crippen LogP contribution is 2.12. The zero-order valence-corrected chi connectivity index (χ0v) is 7.35. The van der Waals surface area contributed by atoms with E-state index < -0.39 is 11.6 Å². The molecule has 1 N–H and O–H groups in total. The zero-order valence-electron chi connectivity index (χ0n) is 7.35. The van der Waals surface area contributed by atoms with Crippen LogP contribution in [0, 0.1) is 0 Å². The topological polar surface area (TPSA) is 72.4 Å². The summed E-state index contributed by atoms with van der Waals surface area (Å²) >= 11 is 0. The van der Waals surface area contributed by atoms with Gasteiger partial charge in [0.1, 0.15) is 0 Å². The van der Waals surface area contributed by atoms with Crippen LogP contribution >= 0.6 is 0 Å². The highest BCUT2D eigenvalue weighted by Gasteiger charge is 2.09. The molecule has 0 fully saturated rings. The van der Waals surface area contributed by atoms with Gasteiger partial charge < -0.3 is 9.63 Å². The van der Waals surface area contributed by atoms with Crippen LogP contribution in [0.3, 0.4) is 0 Å². The highest BCUT2D eigenvalue weighted by molar-refractivity contribution is 5.92. The molecule has 72 valence electrons. The normalized spacial score (nSPS) is 10.6. The van der Waals surface area contributed by atoms with E-state index >= 15 is 0 Å². The van der Waals surface area contributed by atoms with E-state index in [0.29, 0.717) is 10.9 Å². The minimum Gasteiger partial charge on any atom is -0.478 e. The van der Waals surface area contributed by atoms with Gasteiger partial charge in [0.25, 0.3) is 0 Å². The molecule has 14 heavy (non-hydrogen) atoms. The van der Waals surface area contributed by atoms with Gasteiger partial charge in [-0.05, 0) is 18.2 Å². The van der Waals surface area contributed by atoms with Crippen molar-refractivity contribution in [3.05, 3.63) is 34.2 Å². The van der Waals surface area contributed by atoms with E-state index in [1.165, 1.54) is 22.9 Å². The number of aromatic nitrogens is 1. The lowest BCUT2D eigenvalue weighted by Crippen LogP contribution is -1.96. The van der Waals surface area contributed by atoms with E-state index in [0.717, 1.165) is 0 Å². The van der Waals surface area contributed by atoms with E-state index in [-0.39, 0.29) is 5.56 Å². The number of rotatable bonds is 1. The van der Waals surface area contributed by atoms with E-state index in [1.807, 2.05) is 0 Å². The molecule has 5 heteroatoms. The fraction of sp³-hybridized carbons (Fsp3) is 0.111. The summed E-state index contributed by atoms with van der Waals surface area (Å²) in [5.74, 6) is -1.03. The van der Waals surface area contributed by atoms with Crippen LogP contribution in [0.5, 0.6) is 0 Å². The molecular weight excluding hydrogens is 186 g/mol. The lowest BCUT2D eigenvalue weighted by atomic mass is 10.2. The Bertz CT molecular complexity index is 564. The molecule has 0 radical (unpaired) electrons. The highest BCUT2D eigenvalue weighted by atomic mass is 16.5. The molecule has 5 nitrogen and oxygen atoms in total. The first-order valence-electron chi connectivity index (χ1n) is 3.93. The molecule has 0 saturated heterocycles. The van der Waals surface area contributed by atoms with Crippen LogP contribution in [0.4, 0.5) is 0 Å². The number of fused-ring (bicyclic) bond motifs is 1. The third-order valence-electron chi connectivity index (χ3n) is 2.02. The Morgan fingerprint density at radius 3 is 2.86 bits per heavy atom. The molecule has 0 amide bonds. The number of benzene rings is 1. The van der Waals surface area contributed by atoms with E-state index in [4.69, 9.17) is 9.63 Å². The number of nitrogens with zero attached hydrogens (tertiary/aromatic N) is 1. The average molecular weight is 193 g/mol. The number of aryl methyl sites for hydroxylation is 1. The van der Waals surface area contributed by atoms with Gasteiger partial charge in [-0.25, -0.2) is 14.3 Å². The van der Waals surface area contributed by atoms with Crippen LogP contribution in [0.25, 0.3) is 10.9 Å². The van der Waals surface area contributed by atoms with Crippen molar-refractivity contribution in [2.24, 2.45) is 7.05 Å². The summed E-state index contributed by atoms with van der Waals surface area (Å²) < 4.78 is 6.02. The summed E-state index contributed by atoms with van der Waals surface area (Å²) in [6.45, 7) is 0. The molecule has 1 heterocycles. The molecule has 0 aliphatic carbocycles. The number of carboxylic acids is 1. The predicted molar refractivity (Wildman–Crippen MR) is 48.4 cm³/mol. The number of carbonyl (C=O) groups is 1. The quantitative estimate of drug-likeness (QED) is 0.728. The first-order valence-corrected chi connectivity index (χ1v) is 3.93. The molecule has 0 aliphatic heterocycles. The van der Waals surface area contributed by atoms with Crippen molar-refractivity contribution in [3.8, 4) is 0 Å². The largest absolute Gasteiger partial charge is 0.478 e. The molecule has 0 bridgehead atoms. The number of hydrogen-bond donors (Lipinski definition) is 1. The van der Waals surface area contributed by atoms with Gasteiger partial charge in [0.05, 0.1) is 16.5 Å². The lowest BCUT2D eigenvalue weighted by molar-refractivity contribution is 0.0697. The maximum Gasteiger partial charge on any atom is 0.365 e.